The maximum atomic E-state index is 12.2. The van der Waals surface area contributed by atoms with Crippen LogP contribution in [0.3, 0.4) is 0 Å². The Bertz CT molecular complexity index is 744. The molecule has 1 amide bonds. The molecule has 2 unspecified atom stereocenters. The highest BCUT2D eigenvalue weighted by molar-refractivity contribution is 8.01. The van der Waals surface area contributed by atoms with Gasteiger partial charge >= 0.3 is 0 Å². The van der Waals surface area contributed by atoms with Gasteiger partial charge < -0.3 is 14.8 Å². The fourth-order valence-corrected chi connectivity index (χ4v) is 4.03. The Hall–Kier alpha value is -2.15. The molecule has 1 aromatic heterocycles. The van der Waals surface area contributed by atoms with Crippen molar-refractivity contribution in [3.63, 3.8) is 0 Å². The zero-order valence-electron chi connectivity index (χ0n) is 13.5. The number of ether oxygens (including phenoxy) is 2. The number of aromatic amines is 1. The number of methoxy groups -OCH3 is 2. The summed E-state index contributed by atoms with van der Waals surface area (Å²) >= 11 is 1.58. The fraction of sp³-hybridized carbons (Fsp3) is 0.375. The van der Waals surface area contributed by atoms with Crippen molar-refractivity contribution < 1.29 is 14.3 Å². The van der Waals surface area contributed by atoms with Crippen molar-refractivity contribution in [2.24, 2.45) is 0 Å². The van der Waals surface area contributed by atoms with Crippen molar-refractivity contribution in [3.05, 3.63) is 35.0 Å². The molecule has 6 nitrogen and oxygen atoms in total. The molecule has 0 fully saturated rings. The molecule has 2 atom stereocenters. The second-order valence-electron chi connectivity index (χ2n) is 5.37. The van der Waals surface area contributed by atoms with Crippen LogP contribution in [-0.2, 0) is 4.79 Å². The first-order chi connectivity index (χ1) is 11.0. The van der Waals surface area contributed by atoms with Gasteiger partial charge in [0, 0.05) is 22.9 Å². The molecular formula is C16H19N3O3S. The lowest BCUT2D eigenvalue weighted by molar-refractivity contribution is -0.115. The molecule has 1 aliphatic heterocycles. The summed E-state index contributed by atoms with van der Waals surface area (Å²) < 4.78 is 10.8. The summed E-state index contributed by atoms with van der Waals surface area (Å²) in [5.74, 6) is 2.01. The number of benzene rings is 1. The Kier molecular flexibility index (Phi) is 4.21. The van der Waals surface area contributed by atoms with Crippen LogP contribution in [0.2, 0.25) is 0 Å². The predicted octanol–water partition coefficient (Wildman–Crippen LogP) is 2.90. The Balaban J connectivity index is 2.14. The summed E-state index contributed by atoms with van der Waals surface area (Å²) in [5.41, 5.74) is 2.91. The average Bonchev–Trinajstić information content (AvgIpc) is 2.85. The number of H-pyrrole nitrogens is 1. The third-order valence-corrected chi connectivity index (χ3v) is 5.32. The lowest BCUT2D eigenvalue weighted by Crippen LogP contribution is -2.21. The molecule has 0 saturated carbocycles. The summed E-state index contributed by atoms with van der Waals surface area (Å²) in [5, 5.41) is 9.82. The van der Waals surface area contributed by atoms with Crippen molar-refractivity contribution in [3.8, 4) is 11.5 Å². The van der Waals surface area contributed by atoms with E-state index in [0.717, 1.165) is 28.3 Å². The van der Waals surface area contributed by atoms with Gasteiger partial charge in [-0.1, -0.05) is 6.07 Å². The standard InChI is InChI=1S/C16H19N3O3S/c1-8-13-14(11-6-5-10(21-3)7-12(11)22-4)23-9(2)16(20)17-15(13)19-18-8/h5-7,9,14H,1-4H3,(H2,17,18,19,20). The van der Waals surface area contributed by atoms with Crippen LogP contribution in [0.15, 0.2) is 18.2 Å². The topological polar surface area (TPSA) is 76.2 Å². The van der Waals surface area contributed by atoms with E-state index in [1.54, 1.807) is 26.0 Å². The van der Waals surface area contributed by atoms with E-state index >= 15 is 0 Å². The zero-order valence-corrected chi connectivity index (χ0v) is 14.3. The molecule has 2 heterocycles. The number of hydrogen-bond donors (Lipinski definition) is 2. The molecular weight excluding hydrogens is 314 g/mol. The second kappa shape index (κ2) is 6.16. The number of nitrogens with zero attached hydrogens (tertiary/aromatic N) is 1. The molecule has 0 radical (unpaired) electrons. The number of aryl methyl sites for hydroxylation is 1. The molecule has 1 aliphatic rings. The van der Waals surface area contributed by atoms with Gasteiger partial charge in [0.25, 0.3) is 0 Å². The molecule has 23 heavy (non-hydrogen) atoms. The minimum atomic E-state index is -0.194. The minimum Gasteiger partial charge on any atom is -0.497 e. The van der Waals surface area contributed by atoms with Gasteiger partial charge in [-0.15, -0.1) is 11.8 Å². The van der Waals surface area contributed by atoms with Gasteiger partial charge in [-0.3, -0.25) is 9.89 Å². The average molecular weight is 333 g/mol. The Morgan fingerprint density at radius 1 is 1.26 bits per heavy atom. The van der Waals surface area contributed by atoms with Crippen molar-refractivity contribution in [2.45, 2.75) is 24.3 Å². The first kappa shape index (κ1) is 15.7. The molecule has 3 rings (SSSR count). The third kappa shape index (κ3) is 2.76. The van der Waals surface area contributed by atoms with Crippen molar-refractivity contribution in [1.82, 2.24) is 10.2 Å². The van der Waals surface area contributed by atoms with E-state index in [2.05, 4.69) is 15.5 Å². The maximum absolute atomic E-state index is 12.2. The molecule has 122 valence electrons. The second-order valence-corrected chi connectivity index (χ2v) is 6.82. The first-order valence-electron chi connectivity index (χ1n) is 7.28. The summed E-state index contributed by atoms with van der Waals surface area (Å²) in [6.45, 7) is 3.85. The minimum absolute atomic E-state index is 0.0438. The molecule has 0 spiro atoms. The number of rotatable bonds is 3. The fourth-order valence-electron chi connectivity index (χ4n) is 2.67. The molecule has 2 N–H and O–H groups in total. The summed E-state index contributed by atoms with van der Waals surface area (Å²) in [6, 6.07) is 5.74. The van der Waals surface area contributed by atoms with Crippen molar-refractivity contribution in [1.29, 1.82) is 0 Å². The Labute approximate surface area is 138 Å². The lowest BCUT2D eigenvalue weighted by Gasteiger charge is -2.20. The van der Waals surface area contributed by atoms with E-state index in [-0.39, 0.29) is 16.4 Å². The van der Waals surface area contributed by atoms with Crippen LogP contribution in [0.25, 0.3) is 0 Å². The lowest BCUT2D eigenvalue weighted by atomic mass is 10.0. The maximum Gasteiger partial charge on any atom is 0.238 e. The van der Waals surface area contributed by atoms with E-state index in [0.29, 0.717) is 5.82 Å². The van der Waals surface area contributed by atoms with Crippen LogP contribution in [0.1, 0.15) is 29.0 Å². The highest BCUT2D eigenvalue weighted by Crippen LogP contribution is 2.47. The van der Waals surface area contributed by atoms with Crippen molar-refractivity contribution >= 4 is 23.5 Å². The highest BCUT2D eigenvalue weighted by atomic mass is 32.2. The van der Waals surface area contributed by atoms with Crippen LogP contribution >= 0.6 is 11.8 Å². The summed E-state index contributed by atoms with van der Waals surface area (Å²) in [6.07, 6.45) is 0. The first-order valence-corrected chi connectivity index (χ1v) is 8.22. The smallest absolute Gasteiger partial charge is 0.238 e. The van der Waals surface area contributed by atoms with Crippen LogP contribution in [0.5, 0.6) is 11.5 Å². The van der Waals surface area contributed by atoms with Gasteiger partial charge in [-0.05, 0) is 19.9 Å². The largest absolute Gasteiger partial charge is 0.497 e. The van der Waals surface area contributed by atoms with E-state index in [1.807, 2.05) is 32.0 Å². The normalized spacial score (nSPS) is 20.4. The molecule has 0 aliphatic carbocycles. The van der Waals surface area contributed by atoms with E-state index in [1.165, 1.54) is 0 Å². The number of amides is 1. The number of anilines is 1. The summed E-state index contributed by atoms with van der Waals surface area (Å²) in [4.78, 5) is 12.2. The molecule has 1 aromatic carbocycles. The van der Waals surface area contributed by atoms with E-state index in [4.69, 9.17) is 9.47 Å². The number of hydrogen-bond acceptors (Lipinski definition) is 5. The third-order valence-electron chi connectivity index (χ3n) is 3.93. The zero-order chi connectivity index (χ0) is 16.6. The van der Waals surface area contributed by atoms with Crippen molar-refractivity contribution in [2.75, 3.05) is 19.5 Å². The van der Waals surface area contributed by atoms with Gasteiger partial charge in [0.05, 0.1) is 24.7 Å². The van der Waals surface area contributed by atoms with Crippen LogP contribution < -0.4 is 14.8 Å². The Morgan fingerprint density at radius 2 is 2.04 bits per heavy atom. The molecule has 0 bridgehead atoms. The molecule has 7 heteroatoms. The van der Waals surface area contributed by atoms with Gasteiger partial charge in [0.2, 0.25) is 5.91 Å². The molecule has 2 aromatic rings. The quantitative estimate of drug-likeness (QED) is 0.903. The predicted molar refractivity (Wildman–Crippen MR) is 90.4 cm³/mol. The summed E-state index contributed by atoms with van der Waals surface area (Å²) in [7, 11) is 3.26. The van der Waals surface area contributed by atoms with Gasteiger partial charge in [-0.25, -0.2) is 0 Å². The van der Waals surface area contributed by atoms with Gasteiger partial charge in [0.15, 0.2) is 5.82 Å². The monoisotopic (exact) mass is 333 g/mol. The van der Waals surface area contributed by atoms with Gasteiger partial charge in [0.1, 0.15) is 11.5 Å². The van der Waals surface area contributed by atoms with Crippen LogP contribution in [0.4, 0.5) is 5.82 Å². The van der Waals surface area contributed by atoms with Crippen LogP contribution in [0, 0.1) is 6.92 Å². The number of fused-ring (bicyclic) bond motifs is 1. The Morgan fingerprint density at radius 3 is 2.74 bits per heavy atom. The number of nitrogens with one attached hydrogen (secondary N) is 2. The van der Waals surface area contributed by atoms with E-state index < -0.39 is 0 Å². The van der Waals surface area contributed by atoms with Crippen LogP contribution in [-0.4, -0.2) is 35.6 Å². The number of carbonyl (C=O) groups excluding carboxylic acids is 1. The van der Waals surface area contributed by atoms with Gasteiger partial charge in [-0.2, -0.15) is 5.10 Å². The number of carbonyl (C=O) groups is 1. The SMILES string of the molecule is COc1ccc(C2SC(C)C(=O)Nc3n[nH]c(C)c32)c(OC)c1. The number of aromatic nitrogens is 2. The molecule has 0 saturated heterocycles. The highest BCUT2D eigenvalue weighted by Gasteiger charge is 2.33. The van der Waals surface area contributed by atoms with E-state index in [9.17, 15) is 4.79 Å². The number of thioether (sulfide) groups is 1.